The molecule has 0 heterocycles. The average molecular weight is 221 g/mol. The molecule has 0 saturated carbocycles. The Balaban J connectivity index is 2.68. The van der Waals surface area contributed by atoms with E-state index < -0.39 is 5.25 Å². The van der Waals surface area contributed by atoms with Crippen LogP contribution in [-0.4, -0.2) is 18.3 Å². The van der Waals surface area contributed by atoms with E-state index in [-0.39, 0.29) is 5.97 Å². The minimum Gasteiger partial charge on any atom is -0.468 e. The number of thiocyanates is 1. The molecule has 0 saturated heterocycles. The summed E-state index contributed by atoms with van der Waals surface area (Å²) in [6.07, 6.45) is 0.520. The Morgan fingerprint density at radius 2 is 2.20 bits per heavy atom. The molecule has 15 heavy (non-hydrogen) atoms. The van der Waals surface area contributed by atoms with E-state index in [0.29, 0.717) is 6.42 Å². The monoisotopic (exact) mass is 221 g/mol. The number of nitrogens with zero attached hydrogens (tertiary/aromatic N) is 1. The van der Waals surface area contributed by atoms with Crippen LogP contribution in [0.4, 0.5) is 0 Å². The van der Waals surface area contributed by atoms with E-state index in [1.54, 1.807) is 0 Å². The molecule has 1 aromatic rings. The van der Waals surface area contributed by atoms with Crippen LogP contribution in [-0.2, 0) is 16.0 Å². The molecule has 4 heteroatoms. The second-order valence-electron chi connectivity index (χ2n) is 2.91. The first-order chi connectivity index (χ1) is 7.27. The Morgan fingerprint density at radius 3 is 2.73 bits per heavy atom. The second-order valence-corrected chi connectivity index (χ2v) is 3.90. The number of hydrogen-bond acceptors (Lipinski definition) is 4. The molecule has 0 aromatic heterocycles. The number of nitriles is 1. The number of ether oxygens (including phenoxy) is 1. The van der Waals surface area contributed by atoms with Crippen molar-refractivity contribution in [3.05, 3.63) is 35.9 Å². The molecule has 0 aliphatic heterocycles. The van der Waals surface area contributed by atoms with E-state index >= 15 is 0 Å². The normalized spacial score (nSPS) is 11.5. The first-order valence-corrected chi connectivity index (χ1v) is 5.32. The molecule has 0 bridgehead atoms. The summed E-state index contributed by atoms with van der Waals surface area (Å²) in [7, 11) is 1.33. The van der Waals surface area contributed by atoms with Gasteiger partial charge in [-0.2, -0.15) is 5.26 Å². The van der Waals surface area contributed by atoms with Crippen molar-refractivity contribution < 1.29 is 9.53 Å². The first kappa shape index (κ1) is 11.6. The topological polar surface area (TPSA) is 50.1 Å². The third-order valence-corrected chi connectivity index (χ3v) is 2.67. The van der Waals surface area contributed by atoms with E-state index in [1.807, 2.05) is 35.7 Å². The van der Waals surface area contributed by atoms with Gasteiger partial charge < -0.3 is 4.74 Å². The molecular formula is C11H11NO2S. The van der Waals surface area contributed by atoms with Gasteiger partial charge in [0.15, 0.2) is 0 Å². The van der Waals surface area contributed by atoms with Crippen LogP contribution in [0.25, 0.3) is 0 Å². The van der Waals surface area contributed by atoms with Crippen molar-refractivity contribution in [2.24, 2.45) is 0 Å². The van der Waals surface area contributed by atoms with Crippen molar-refractivity contribution in [1.82, 2.24) is 0 Å². The largest absolute Gasteiger partial charge is 0.468 e. The lowest BCUT2D eigenvalue weighted by molar-refractivity contribution is -0.139. The lowest BCUT2D eigenvalue weighted by atomic mass is 10.1. The predicted octanol–water partition coefficient (Wildman–Crippen LogP) is 1.98. The Hall–Kier alpha value is -1.47. The summed E-state index contributed by atoms with van der Waals surface area (Å²) in [6, 6.07) is 9.57. The molecule has 0 aliphatic carbocycles. The van der Waals surface area contributed by atoms with Gasteiger partial charge in [0, 0.05) is 0 Å². The van der Waals surface area contributed by atoms with Gasteiger partial charge >= 0.3 is 5.97 Å². The average Bonchev–Trinajstić information content (AvgIpc) is 2.29. The van der Waals surface area contributed by atoms with Crippen LogP contribution < -0.4 is 0 Å². The zero-order valence-corrected chi connectivity index (χ0v) is 9.16. The Bertz CT molecular complexity index is 359. The second kappa shape index (κ2) is 6.10. The van der Waals surface area contributed by atoms with E-state index in [2.05, 4.69) is 4.74 Å². The molecule has 78 valence electrons. The third-order valence-electron chi connectivity index (χ3n) is 1.92. The van der Waals surface area contributed by atoms with E-state index in [1.165, 1.54) is 7.11 Å². The van der Waals surface area contributed by atoms with Gasteiger partial charge in [0.25, 0.3) is 0 Å². The number of methoxy groups -OCH3 is 1. The third kappa shape index (κ3) is 3.64. The molecule has 1 atom stereocenters. The van der Waals surface area contributed by atoms with Gasteiger partial charge in [-0.1, -0.05) is 30.3 Å². The molecule has 0 spiro atoms. The fourth-order valence-corrected chi connectivity index (χ4v) is 1.79. The zero-order chi connectivity index (χ0) is 11.1. The molecular weight excluding hydrogens is 210 g/mol. The predicted molar refractivity (Wildman–Crippen MR) is 59.2 cm³/mol. The van der Waals surface area contributed by atoms with Crippen molar-refractivity contribution in [2.45, 2.75) is 11.7 Å². The van der Waals surface area contributed by atoms with Crippen molar-refractivity contribution in [3.63, 3.8) is 0 Å². The summed E-state index contributed by atoms with van der Waals surface area (Å²) in [6.45, 7) is 0. The van der Waals surface area contributed by atoms with Crippen molar-refractivity contribution in [2.75, 3.05) is 7.11 Å². The lowest BCUT2D eigenvalue weighted by Crippen LogP contribution is -2.20. The van der Waals surface area contributed by atoms with Crippen molar-refractivity contribution in [1.29, 1.82) is 5.26 Å². The van der Waals surface area contributed by atoms with Crippen LogP contribution in [0.5, 0.6) is 0 Å². The highest BCUT2D eigenvalue weighted by atomic mass is 32.2. The van der Waals surface area contributed by atoms with E-state index in [4.69, 9.17) is 5.26 Å². The summed E-state index contributed by atoms with van der Waals surface area (Å²) in [5.41, 5.74) is 1.02. The maximum Gasteiger partial charge on any atom is 0.320 e. The highest BCUT2D eigenvalue weighted by Crippen LogP contribution is 2.16. The molecule has 0 amide bonds. The molecule has 3 nitrogen and oxygen atoms in total. The van der Waals surface area contributed by atoms with Crippen molar-refractivity contribution >= 4 is 17.7 Å². The number of hydrogen-bond donors (Lipinski definition) is 0. The summed E-state index contributed by atoms with van der Waals surface area (Å²) >= 11 is 0.935. The van der Waals surface area contributed by atoms with Gasteiger partial charge in [0.2, 0.25) is 0 Å². The molecule has 1 unspecified atom stereocenters. The molecule has 0 radical (unpaired) electrons. The van der Waals surface area contributed by atoms with Crippen LogP contribution >= 0.6 is 11.8 Å². The van der Waals surface area contributed by atoms with Crippen LogP contribution in [0.2, 0.25) is 0 Å². The Kier molecular flexibility index (Phi) is 4.72. The van der Waals surface area contributed by atoms with Gasteiger partial charge in [0.1, 0.15) is 10.7 Å². The summed E-state index contributed by atoms with van der Waals surface area (Å²) < 4.78 is 4.63. The molecule has 1 aromatic carbocycles. The van der Waals surface area contributed by atoms with Crippen LogP contribution in [0.15, 0.2) is 30.3 Å². The standard InChI is InChI=1S/C11H11NO2S/c1-14-11(13)10(15-8-12)7-9-5-3-2-4-6-9/h2-6,10H,7H2,1H3. The van der Waals surface area contributed by atoms with Gasteiger partial charge in [-0.25, -0.2) is 0 Å². The van der Waals surface area contributed by atoms with Crippen LogP contribution in [0.3, 0.4) is 0 Å². The Labute approximate surface area is 93.0 Å². The fourth-order valence-electron chi connectivity index (χ4n) is 1.20. The maximum absolute atomic E-state index is 11.3. The van der Waals surface area contributed by atoms with E-state index in [9.17, 15) is 4.79 Å². The maximum atomic E-state index is 11.3. The van der Waals surface area contributed by atoms with Gasteiger partial charge in [0.05, 0.1) is 7.11 Å². The minimum absolute atomic E-state index is 0.356. The number of benzene rings is 1. The Morgan fingerprint density at radius 1 is 1.53 bits per heavy atom. The summed E-state index contributed by atoms with van der Waals surface area (Å²) in [5, 5.41) is 10.0. The number of thioether (sulfide) groups is 1. The smallest absolute Gasteiger partial charge is 0.320 e. The summed E-state index contributed by atoms with van der Waals surface area (Å²) in [4.78, 5) is 11.3. The molecule has 1 rings (SSSR count). The van der Waals surface area contributed by atoms with Crippen LogP contribution in [0.1, 0.15) is 5.56 Å². The van der Waals surface area contributed by atoms with E-state index in [0.717, 1.165) is 17.3 Å². The SMILES string of the molecule is COC(=O)C(Cc1ccccc1)SC#N. The fraction of sp³-hybridized carbons (Fsp3) is 0.273. The number of carbonyl (C=O) groups excluding carboxylic acids is 1. The van der Waals surface area contributed by atoms with Gasteiger partial charge in [-0.3, -0.25) is 4.79 Å². The van der Waals surface area contributed by atoms with Gasteiger partial charge in [-0.05, 0) is 23.7 Å². The number of esters is 1. The number of carbonyl (C=O) groups is 1. The molecule has 0 fully saturated rings. The van der Waals surface area contributed by atoms with Crippen LogP contribution in [0, 0.1) is 10.7 Å². The highest BCUT2D eigenvalue weighted by Gasteiger charge is 2.20. The zero-order valence-electron chi connectivity index (χ0n) is 8.34. The summed E-state index contributed by atoms with van der Waals surface area (Å²) in [5.74, 6) is -0.356. The minimum atomic E-state index is -0.442. The van der Waals surface area contributed by atoms with Crippen molar-refractivity contribution in [3.8, 4) is 5.40 Å². The lowest BCUT2D eigenvalue weighted by Gasteiger charge is -2.09. The molecule has 0 N–H and O–H groups in total. The number of rotatable bonds is 4. The molecule has 0 aliphatic rings. The quantitative estimate of drug-likeness (QED) is 0.576. The highest BCUT2D eigenvalue weighted by molar-refractivity contribution is 8.04. The first-order valence-electron chi connectivity index (χ1n) is 4.44. The van der Waals surface area contributed by atoms with Gasteiger partial charge in [-0.15, -0.1) is 0 Å².